The Morgan fingerprint density at radius 2 is 2.06 bits per heavy atom. The van der Waals surface area contributed by atoms with Gasteiger partial charge in [-0.3, -0.25) is 14.5 Å². The van der Waals surface area contributed by atoms with Crippen LogP contribution in [-0.2, 0) is 14.3 Å². The number of hydrogen-bond acceptors (Lipinski definition) is 4. The Kier molecular flexibility index (Phi) is 4.29. The maximum absolute atomic E-state index is 11.5. The van der Waals surface area contributed by atoms with Gasteiger partial charge in [0.2, 0.25) is 5.91 Å². The first kappa shape index (κ1) is 13.0. The Balaban J connectivity index is 2.69. The van der Waals surface area contributed by atoms with Crippen molar-refractivity contribution in [3.05, 3.63) is 0 Å². The first-order valence-electron chi connectivity index (χ1n) is 5.60. The molecule has 0 aromatic carbocycles. The van der Waals surface area contributed by atoms with Crippen LogP contribution in [0, 0.1) is 5.92 Å². The number of rotatable bonds is 3. The molecule has 92 valence electrons. The molecular weight excluding hydrogens is 208 g/mol. The van der Waals surface area contributed by atoms with Gasteiger partial charge in [-0.2, -0.15) is 0 Å². The van der Waals surface area contributed by atoms with Crippen LogP contribution in [0.3, 0.4) is 0 Å². The van der Waals surface area contributed by atoms with E-state index >= 15 is 0 Å². The second-order valence-electron chi connectivity index (χ2n) is 4.42. The van der Waals surface area contributed by atoms with E-state index in [9.17, 15) is 9.59 Å². The summed E-state index contributed by atoms with van der Waals surface area (Å²) in [7, 11) is 1.37. The van der Waals surface area contributed by atoms with Gasteiger partial charge in [-0.15, -0.1) is 0 Å². The second kappa shape index (κ2) is 5.30. The lowest BCUT2D eigenvalue weighted by molar-refractivity contribution is -0.149. The fraction of sp³-hybridized carbons (Fsp3) is 0.818. The van der Waals surface area contributed by atoms with Gasteiger partial charge in [-0.05, 0) is 26.7 Å². The van der Waals surface area contributed by atoms with E-state index < -0.39 is 0 Å². The van der Waals surface area contributed by atoms with Crippen molar-refractivity contribution in [1.82, 2.24) is 4.90 Å². The van der Waals surface area contributed by atoms with Crippen LogP contribution >= 0.6 is 0 Å². The maximum atomic E-state index is 11.5. The quantitative estimate of drug-likeness (QED) is 0.697. The highest BCUT2D eigenvalue weighted by molar-refractivity contribution is 5.78. The summed E-state index contributed by atoms with van der Waals surface area (Å²) in [6, 6.07) is -0.0353. The summed E-state index contributed by atoms with van der Waals surface area (Å²) < 4.78 is 4.71. The van der Waals surface area contributed by atoms with Crippen LogP contribution in [0.2, 0.25) is 0 Å². The van der Waals surface area contributed by atoms with Gasteiger partial charge in [0.25, 0.3) is 0 Å². The van der Waals surface area contributed by atoms with Crippen LogP contribution in [0.1, 0.15) is 26.7 Å². The van der Waals surface area contributed by atoms with Crippen molar-refractivity contribution in [2.24, 2.45) is 11.7 Å². The number of piperidine rings is 1. The van der Waals surface area contributed by atoms with Crippen molar-refractivity contribution in [2.45, 2.75) is 38.8 Å². The Hall–Kier alpha value is -1.10. The highest BCUT2D eigenvalue weighted by Gasteiger charge is 2.34. The average Bonchev–Trinajstić information content (AvgIpc) is 2.27. The molecule has 1 saturated heterocycles. The lowest BCUT2D eigenvalue weighted by atomic mass is 9.92. The minimum Gasteiger partial charge on any atom is -0.468 e. The number of methoxy groups -OCH3 is 1. The minimum atomic E-state index is -0.317. The predicted molar refractivity (Wildman–Crippen MR) is 59.6 cm³/mol. The van der Waals surface area contributed by atoms with Gasteiger partial charge < -0.3 is 10.5 Å². The third-order valence-corrected chi connectivity index (χ3v) is 3.37. The van der Waals surface area contributed by atoms with Crippen molar-refractivity contribution in [3.63, 3.8) is 0 Å². The summed E-state index contributed by atoms with van der Waals surface area (Å²) in [4.78, 5) is 24.6. The van der Waals surface area contributed by atoms with Crippen molar-refractivity contribution < 1.29 is 14.3 Å². The first-order chi connectivity index (χ1) is 7.47. The third kappa shape index (κ3) is 2.72. The van der Waals surface area contributed by atoms with E-state index in [0.29, 0.717) is 6.54 Å². The van der Waals surface area contributed by atoms with Crippen LogP contribution in [0.15, 0.2) is 0 Å². The van der Waals surface area contributed by atoms with E-state index in [1.165, 1.54) is 7.11 Å². The molecule has 5 nitrogen and oxygen atoms in total. The molecule has 0 aromatic heterocycles. The molecule has 0 aliphatic carbocycles. The van der Waals surface area contributed by atoms with Crippen molar-refractivity contribution in [1.29, 1.82) is 0 Å². The second-order valence-corrected chi connectivity index (χ2v) is 4.42. The van der Waals surface area contributed by atoms with E-state index in [4.69, 9.17) is 10.5 Å². The monoisotopic (exact) mass is 228 g/mol. The number of hydrogen-bond donors (Lipinski definition) is 1. The van der Waals surface area contributed by atoms with E-state index in [-0.39, 0.29) is 29.9 Å². The Labute approximate surface area is 95.9 Å². The van der Waals surface area contributed by atoms with Crippen LogP contribution in [-0.4, -0.2) is 42.5 Å². The Morgan fingerprint density at radius 1 is 1.44 bits per heavy atom. The molecule has 5 heteroatoms. The van der Waals surface area contributed by atoms with Gasteiger partial charge in [-0.1, -0.05) is 0 Å². The molecule has 1 aliphatic rings. The highest BCUT2D eigenvalue weighted by Crippen LogP contribution is 2.23. The normalized spacial score (nSPS) is 28.4. The number of carbonyl (C=O) groups is 2. The Bertz CT molecular complexity index is 280. The summed E-state index contributed by atoms with van der Waals surface area (Å²) in [5.74, 6) is -0.700. The van der Waals surface area contributed by atoms with E-state index in [1.54, 1.807) is 6.92 Å². The molecule has 2 N–H and O–H groups in total. The zero-order valence-corrected chi connectivity index (χ0v) is 10.1. The zero-order valence-electron chi connectivity index (χ0n) is 10.1. The molecule has 0 spiro atoms. The van der Waals surface area contributed by atoms with Gasteiger partial charge in [0, 0.05) is 12.6 Å². The lowest BCUT2D eigenvalue weighted by Crippen LogP contribution is -2.52. The van der Waals surface area contributed by atoms with Crippen molar-refractivity contribution in [3.8, 4) is 0 Å². The van der Waals surface area contributed by atoms with Gasteiger partial charge in [0.1, 0.15) is 6.04 Å². The molecule has 0 saturated carbocycles. The van der Waals surface area contributed by atoms with E-state index in [2.05, 4.69) is 6.92 Å². The average molecular weight is 228 g/mol. The maximum Gasteiger partial charge on any atom is 0.322 e. The number of nitrogens with two attached hydrogens (primary N) is 1. The highest BCUT2D eigenvalue weighted by atomic mass is 16.5. The number of ether oxygens (including phenoxy) is 1. The molecule has 0 radical (unpaired) electrons. The molecule has 1 amide bonds. The SMILES string of the molecule is COC(=O)C(C)N1CC(C(N)=O)CCC1C. The summed E-state index contributed by atoms with van der Waals surface area (Å²) in [6.07, 6.45) is 1.69. The molecule has 0 aromatic rings. The topological polar surface area (TPSA) is 72.6 Å². The molecule has 0 bridgehead atoms. The van der Waals surface area contributed by atoms with Crippen LogP contribution < -0.4 is 5.73 Å². The fourth-order valence-electron chi connectivity index (χ4n) is 2.21. The Morgan fingerprint density at radius 3 is 2.56 bits per heavy atom. The molecule has 3 unspecified atom stereocenters. The summed E-state index contributed by atoms with van der Waals surface area (Å²) in [5, 5.41) is 0. The molecule has 1 fully saturated rings. The lowest BCUT2D eigenvalue weighted by Gasteiger charge is -2.39. The summed E-state index contributed by atoms with van der Waals surface area (Å²) >= 11 is 0. The number of carbonyl (C=O) groups excluding carboxylic acids is 2. The zero-order chi connectivity index (χ0) is 12.3. The molecule has 1 rings (SSSR count). The van der Waals surface area contributed by atoms with E-state index in [0.717, 1.165) is 12.8 Å². The largest absolute Gasteiger partial charge is 0.468 e. The molecule has 1 aliphatic heterocycles. The number of likely N-dealkylation sites (tertiary alicyclic amines) is 1. The van der Waals surface area contributed by atoms with Gasteiger partial charge >= 0.3 is 5.97 Å². The molecule has 16 heavy (non-hydrogen) atoms. The van der Waals surface area contributed by atoms with Gasteiger partial charge in [0.05, 0.1) is 13.0 Å². The summed E-state index contributed by atoms with van der Waals surface area (Å²) in [5.41, 5.74) is 5.30. The van der Waals surface area contributed by atoms with E-state index in [1.807, 2.05) is 4.90 Å². The summed E-state index contributed by atoms with van der Waals surface area (Å²) in [6.45, 7) is 4.40. The minimum absolute atomic E-state index is 0.150. The number of esters is 1. The van der Waals surface area contributed by atoms with Crippen LogP contribution in [0.4, 0.5) is 0 Å². The number of amides is 1. The number of nitrogens with zero attached hydrogens (tertiary/aromatic N) is 1. The molecule has 1 heterocycles. The van der Waals surface area contributed by atoms with Crippen molar-refractivity contribution in [2.75, 3.05) is 13.7 Å². The van der Waals surface area contributed by atoms with Crippen molar-refractivity contribution >= 4 is 11.9 Å². The fourth-order valence-corrected chi connectivity index (χ4v) is 2.21. The molecular formula is C11H20N2O3. The first-order valence-corrected chi connectivity index (χ1v) is 5.60. The van der Waals surface area contributed by atoms with Crippen LogP contribution in [0.25, 0.3) is 0 Å². The number of primary amides is 1. The molecule has 3 atom stereocenters. The van der Waals surface area contributed by atoms with Crippen LogP contribution in [0.5, 0.6) is 0 Å². The smallest absolute Gasteiger partial charge is 0.322 e. The van der Waals surface area contributed by atoms with Gasteiger partial charge in [0.15, 0.2) is 0 Å². The standard InChI is InChI=1S/C11H20N2O3/c1-7-4-5-9(10(12)14)6-13(7)8(2)11(15)16-3/h7-9H,4-6H2,1-3H3,(H2,12,14). The predicted octanol–water partition coefficient (Wildman–Crippen LogP) is 0.134. The van der Waals surface area contributed by atoms with Gasteiger partial charge in [-0.25, -0.2) is 0 Å². The third-order valence-electron chi connectivity index (χ3n) is 3.37.